The molecule has 0 aromatic heterocycles. The third kappa shape index (κ3) is 4.21. The molecule has 1 unspecified atom stereocenters. The number of carbonyl (C=O) groups excluding carboxylic acids is 1. The van der Waals surface area contributed by atoms with Gasteiger partial charge in [-0.05, 0) is 25.1 Å². The molecular formula is C15H22N2O3. The number of hydrogen-bond acceptors (Lipinski definition) is 4. The lowest BCUT2D eigenvalue weighted by atomic mass is 10.0. The van der Waals surface area contributed by atoms with Gasteiger partial charge in [-0.3, -0.25) is 4.79 Å². The van der Waals surface area contributed by atoms with Gasteiger partial charge < -0.3 is 20.1 Å². The van der Waals surface area contributed by atoms with Gasteiger partial charge in [0.2, 0.25) is 5.91 Å². The third-order valence-corrected chi connectivity index (χ3v) is 3.51. The zero-order chi connectivity index (χ0) is 14.4. The molecule has 1 aromatic carbocycles. The van der Waals surface area contributed by atoms with E-state index in [2.05, 4.69) is 5.32 Å². The van der Waals surface area contributed by atoms with Gasteiger partial charge in [-0.1, -0.05) is 18.2 Å². The Bertz CT molecular complexity index is 430. The van der Waals surface area contributed by atoms with E-state index < -0.39 is 5.60 Å². The second kappa shape index (κ2) is 6.72. The Morgan fingerprint density at radius 1 is 1.45 bits per heavy atom. The van der Waals surface area contributed by atoms with Crippen LogP contribution in [0.25, 0.3) is 0 Å². The standard InChI is InChI=1S/C15H22N2O3/c1-17(12-15(19)8-9-16-11-15)14(18)7-10-20-13-5-3-2-4-6-13/h2-6,16,19H,7-12H2,1H3. The number of aliphatic hydroxyl groups is 1. The number of hydrogen-bond donors (Lipinski definition) is 2. The second-order valence-corrected chi connectivity index (χ2v) is 5.31. The molecule has 2 rings (SSSR count). The van der Waals surface area contributed by atoms with Crippen molar-refractivity contribution in [3.8, 4) is 5.75 Å². The van der Waals surface area contributed by atoms with Crippen LogP contribution < -0.4 is 10.1 Å². The molecule has 1 aliphatic heterocycles. The summed E-state index contributed by atoms with van der Waals surface area (Å²) in [7, 11) is 1.72. The Morgan fingerprint density at radius 2 is 2.20 bits per heavy atom. The zero-order valence-corrected chi connectivity index (χ0v) is 11.8. The Kier molecular flexibility index (Phi) is 4.98. The minimum absolute atomic E-state index is 0.0127. The third-order valence-electron chi connectivity index (χ3n) is 3.51. The van der Waals surface area contributed by atoms with Crippen molar-refractivity contribution in [3.05, 3.63) is 30.3 Å². The molecule has 110 valence electrons. The van der Waals surface area contributed by atoms with E-state index in [1.807, 2.05) is 30.3 Å². The molecule has 0 saturated carbocycles. The molecule has 5 nitrogen and oxygen atoms in total. The van der Waals surface area contributed by atoms with Crippen molar-refractivity contribution in [3.63, 3.8) is 0 Å². The highest BCUT2D eigenvalue weighted by molar-refractivity contribution is 5.76. The van der Waals surface area contributed by atoms with E-state index in [-0.39, 0.29) is 5.91 Å². The first-order valence-corrected chi connectivity index (χ1v) is 6.94. The number of benzene rings is 1. The minimum atomic E-state index is -0.787. The summed E-state index contributed by atoms with van der Waals surface area (Å²) in [6, 6.07) is 9.43. The van der Waals surface area contributed by atoms with Gasteiger partial charge in [0.1, 0.15) is 5.75 Å². The quantitative estimate of drug-likeness (QED) is 0.801. The molecule has 0 radical (unpaired) electrons. The average molecular weight is 278 g/mol. The molecule has 2 N–H and O–H groups in total. The van der Waals surface area contributed by atoms with E-state index in [9.17, 15) is 9.90 Å². The van der Waals surface area contributed by atoms with Crippen LogP contribution in [0.3, 0.4) is 0 Å². The van der Waals surface area contributed by atoms with Gasteiger partial charge in [0.25, 0.3) is 0 Å². The molecule has 5 heteroatoms. The molecule has 1 aliphatic rings. The number of ether oxygens (including phenoxy) is 1. The average Bonchev–Trinajstić information content (AvgIpc) is 2.86. The maximum Gasteiger partial charge on any atom is 0.225 e. The van der Waals surface area contributed by atoms with Gasteiger partial charge in [-0.2, -0.15) is 0 Å². The monoisotopic (exact) mass is 278 g/mol. The first-order chi connectivity index (χ1) is 9.59. The topological polar surface area (TPSA) is 61.8 Å². The number of carbonyl (C=O) groups is 1. The molecule has 1 aromatic rings. The SMILES string of the molecule is CN(CC1(O)CCNC1)C(=O)CCOc1ccccc1. The normalized spacial score (nSPS) is 21.7. The molecule has 1 atom stereocenters. The number of likely N-dealkylation sites (N-methyl/N-ethyl adjacent to an activating group) is 1. The zero-order valence-electron chi connectivity index (χ0n) is 11.8. The van der Waals surface area contributed by atoms with Crippen molar-refractivity contribution in [1.29, 1.82) is 0 Å². The maximum absolute atomic E-state index is 12.0. The van der Waals surface area contributed by atoms with Crippen LogP contribution in [0.4, 0.5) is 0 Å². The van der Waals surface area contributed by atoms with Gasteiger partial charge >= 0.3 is 0 Å². The van der Waals surface area contributed by atoms with Crippen LogP contribution >= 0.6 is 0 Å². The number of para-hydroxylation sites is 1. The Hall–Kier alpha value is -1.59. The van der Waals surface area contributed by atoms with Gasteiger partial charge in [0.05, 0.1) is 25.2 Å². The predicted octanol–water partition coefficient (Wildman–Crippen LogP) is 0.638. The van der Waals surface area contributed by atoms with E-state index >= 15 is 0 Å². The summed E-state index contributed by atoms with van der Waals surface area (Å²) in [6.45, 7) is 2.06. The minimum Gasteiger partial charge on any atom is -0.493 e. The summed E-state index contributed by atoms with van der Waals surface area (Å²) in [4.78, 5) is 13.6. The smallest absolute Gasteiger partial charge is 0.225 e. The van der Waals surface area contributed by atoms with Gasteiger partial charge in [-0.25, -0.2) is 0 Å². The molecule has 1 heterocycles. The van der Waals surface area contributed by atoms with Gasteiger partial charge in [0.15, 0.2) is 0 Å². The molecule has 1 fully saturated rings. The van der Waals surface area contributed by atoms with Crippen LogP contribution in [0.5, 0.6) is 5.75 Å². The fraction of sp³-hybridized carbons (Fsp3) is 0.533. The second-order valence-electron chi connectivity index (χ2n) is 5.31. The maximum atomic E-state index is 12.0. The lowest BCUT2D eigenvalue weighted by Gasteiger charge is -2.28. The first-order valence-electron chi connectivity index (χ1n) is 6.94. The van der Waals surface area contributed by atoms with Crippen LogP contribution in [-0.2, 0) is 4.79 Å². The first kappa shape index (κ1) is 14.8. The van der Waals surface area contributed by atoms with Crippen molar-refractivity contribution >= 4 is 5.91 Å². The summed E-state index contributed by atoms with van der Waals surface area (Å²) in [5, 5.41) is 13.3. The van der Waals surface area contributed by atoms with E-state index in [4.69, 9.17) is 4.74 Å². The van der Waals surface area contributed by atoms with Crippen molar-refractivity contribution in [1.82, 2.24) is 10.2 Å². The molecule has 1 saturated heterocycles. The van der Waals surface area contributed by atoms with Crippen molar-refractivity contribution < 1.29 is 14.6 Å². The Balaban J connectivity index is 1.71. The van der Waals surface area contributed by atoms with E-state index in [1.54, 1.807) is 11.9 Å². The highest BCUT2D eigenvalue weighted by atomic mass is 16.5. The fourth-order valence-electron chi connectivity index (χ4n) is 2.36. The van der Waals surface area contributed by atoms with Crippen LogP contribution in [0.1, 0.15) is 12.8 Å². The molecule has 0 spiro atoms. The van der Waals surface area contributed by atoms with Crippen molar-refractivity contribution in [2.45, 2.75) is 18.4 Å². The lowest BCUT2D eigenvalue weighted by molar-refractivity contribution is -0.133. The number of nitrogens with zero attached hydrogens (tertiary/aromatic N) is 1. The molecule has 0 bridgehead atoms. The highest BCUT2D eigenvalue weighted by Gasteiger charge is 2.33. The van der Waals surface area contributed by atoms with Crippen LogP contribution in [-0.4, -0.2) is 54.8 Å². The van der Waals surface area contributed by atoms with E-state index in [0.717, 1.165) is 12.3 Å². The highest BCUT2D eigenvalue weighted by Crippen LogP contribution is 2.16. The van der Waals surface area contributed by atoms with Crippen LogP contribution in [0, 0.1) is 0 Å². The molecule has 1 amide bonds. The lowest BCUT2D eigenvalue weighted by Crippen LogP contribution is -2.45. The predicted molar refractivity (Wildman–Crippen MR) is 76.6 cm³/mol. The summed E-state index contributed by atoms with van der Waals surface area (Å²) in [6.07, 6.45) is 1.00. The molecular weight excluding hydrogens is 256 g/mol. The summed E-state index contributed by atoms with van der Waals surface area (Å²) >= 11 is 0. The van der Waals surface area contributed by atoms with E-state index in [0.29, 0.717) is 32.5 Å². The largest absolute Gasteiger partial charge is 0.493 e. The van der Waals surface area contributed by atoms with Crippen molar-refractivity contribution in [2.75, 3.05) is 33.3 Å². The summed E-state index contributed by atoms with van der Waals surface area (Å²) in [5.41, 5.74) is -0.787. The summed E-state index contributed by atoms with van der Waals surface area (Å²) < 4.78 is 5.50. The van der Waals surface area contributed by atoms with Crippen molar-refractivity contribution in [2.24, 2.45) is 0 Å². The number of amides is 1. The number of rotatable bonds is 6. The van der Waals surface area contributed by atoms with Gasteiger partial charge in [-0.15, -0.1) is 0 Å². The van der Waals surface area contributed by atoms with Gasteiger partial charge in [0, 0.05) is 13.6 Å². The van der Waals surface area contributed by atoms with E-state index in [1.165, 1.54) is 0 Å². The molecule has 0 aliphatic carbocycles. The molecule has 20 heavy (non-hydrogen) atoms. The number of nitrogens with one attached hydrogen (secondary N) is 1. The summed E-state index contributed by atoms with van der Waals surface area (Å²) in [5.74, 6) is 0.753. The number of β-amino-alcohol motifs (C(OH)–C–C–N with tert-alkyl or cyclic N) is 1. The fourth-order valence-corrected chi connectivity index (χ4v) is 2.36. The van der Waals surface area contributed by atoms with Crippen LogP contribution in [0.15, 0.2) is 30.3 Å². The Morgan fingerprint density at radius 3 is 2.85 bits per heavy atom. The Labute approximate surface area is 119 Å². The van der Waals surface area contributed by atoms with Crippen LogP contribution in [0.2, 0.25) is 0 Å².